The van der Waals surface area contributed by atoms with Crippen molar-refractivity contribution in [3.63, 3.8) is 0 Å². The third kappa shape index (κ3) is 5.87. The molecule has 4 bridgehead atoms. The number of anilines is 1. The van der Waals surface area contributed by atoms with Crippen molar-refractivity contribution in [1.82, 2.24) is 39.4 Å². The third-order valence-corrected chi connectivity index (χ3v) is 9.79. The van der Waals surface area contributed by atoms with Gasteiger partial charge in [0.2, 0.25) is 5.91 Å². The van der Waals surface area contributed by atoms with E-state index in [1.807, 2.05) is 21.9 Å². The molecule has 3 atom stereocenters. The second-order valence-corrected chi connectivity index (χ2v) is 12.9. The molecule has 2 aromatic carbocycles. The van der Waals surface area contributed by atoms with Gasteiger partial charge >= 0.3 is 0 Å². The Labute approximate surface area is 281 Å². The Kier molecular flexibility index (Phi) is 8.40. The van der Waals surface area contributed by atoms with Gasteiger partial charge in [-0.15, -0.1) is 10.2 Å². The summed E-state index contributed by atoms with van der Waals surface area (Å²) >= 11 is 0. The molecule has 0 saturated carbocycles. The van der Waals surface area contributed by atoms with Crippen LogP contribution in [-0.4, -0.2) is 90.8 Å². The predicted molar refractivity (Wildman–Crippen MR) is 176 cm³/mol. The molecule has 12 nitrogen and oxygen atoms in total. The van der Waals surface area contributed by atoms with Gasteiger partial charge in [0.15, 0.2) is 11.5 Å². The average Bonchev–Trinajstić information content (AvgIpc) is 3.84. The standard InChI is InChI=1S/C35H37F2N9O3/c1-48-15-5-14-43-13-4-10-32-42-41-31-9-3-8-28(45(31)32)22-6-2-7-24(16-22)49-25-18-30(35(43)47)44(20-25)33-26-19-40-46(34(26)39-21-38-33)29-12-11-23(36)17-27(29)37/h2,6-7,11-12,16-17,19,21,25,28,30H,3-5,8-10,13-15,18,20H2,1H3/t25-,28?,30-/m0/s1. The molecule has 0 aliphatic carbocycles. The van der Waals surface area contributed by atoms with Gasteiger partial charge in [0, 0.05) is 52.1 Å². The summed E-state index contributed by atoms with van der Waals surface area (Å²) < 4.78 is 44.2. The molecule has 6 heterocycles. The van der Waals surface area contributed by atoms with Crippen LogP contribution < -0.4 is 9.64 Å². The Hall–Kier alpha value is -4.98. The number of ether oxygens (including phenoxy) is 2. The Bertz CT molecular complexity index is 2000. The monoisotopic (exact) mass is 669 g/mol. The highest BCUT2D eigenvalue weighted by Crippen LogP contribution is 2.36. The molecule has 3 aliphatic heterocycles. The first-order chi connectivity index (χ1) is 24.0. The summed E-state index contributed by atoms with van der Waals surface area (Å²) in [6, 6.07) is 11.1. The molecule has 1 unspecified atom stereocenters. The van der Waals surface area contributed by atoms with Gasteiger partial charge in [-0.3, -0.25) is 4.79 Å². The maximum Gasteiger partial charge on any atom is 0.245 e. The summed E-state index contributed by atoms with van der Waals surface area (Å²) in [5.74, 6) is 1.69. The summed E-state index contributed by atoms with van der Waals surface area (Å²) in [6.07, 6.45) is 8.09. The van der Waals surface area contributed by atoms with Crippen LogP contribution in [0.15, 0.2) is 55.0 Å². The number of benzene rings is 2. The topological polar surface area (TPSA) is 116 Å². The minimum absolute atomic E-state index is 0.0318. The molecule has 8 rings (SSSR count). The minimum atomic E-state index is -0.766. The van der Waals surface area contributed by atoms with Gasteiger partial charge in [0.25, 0.3) is 0 Å². The van der Waals surface area contributed by atoms with Gasteiger partial charge in [-0.05, 0) is 55.5 Å². The van der Waals surface area contributed by atoms with Crippen molar-refractivity contribution in [2.24, 2.45) is 0 Å². The number of rotatable bonds is 6. The minimum Gasteiger partial charge on any atom is -0.488 e. The lowest BCUT2D eigenvalue weighted by molar-refractivity contribution is -0.132. The van der Waals surface area contributed by atoms with Crippen molar-refractivity contribution in [3.05, 3.63) is 83.8 Å². The quantitative estimate of drug-likeness (QED) is 0.242. The lowest BCUT2D eigenvalue weighted by Crippen LogP contribution is -2.47. The summed E-state index contributed by atoms with van der Waals surface area (Å²) in [4.78, 5) is 27.5. The van der Waals surface area contributed by atoms with Crippen LogP contribution in [0.25, 0.3) is 16.7 Å². The highest BCUT2D eigenvalue weighted by Gasteiger charge is 2.42. The van der Waals surface area contributed by atoms with Gasteiger partial charge in [-0.2, -0.15) is 5.10 Å². The second-order valence-electron chi connectivity index (χ2n) is 12.9. The number of carbonyl (C=O) groups is 1. The van der Waals surface area contributed by atoms with E-state index in [2.05, 4.69) is 42.0 Å². The van der Waals surface area contributed by atoms with Crippen molar-refractivity contribution in [1.29, 1.82) is 0 Å². The molecule has 1 saturated heterocycles. The van der Waals surface area contributed by atoms with E-state index in [9.17, 15) is 13.6 Å². The first-order valence-corrected chi connectivity index (χ1v) is 16.9. The van der Waals surface area contributed by atoms with E-state index >= 15 is 0 Å². The number of aryl methyl sites for hydroxylation is 2. The SMILES string of the molecule is COCCCN1CCCc2nnc3n2C(CCC3)c2cccc(c2)O[C@H]2C[C@@H](C1=O)N(c1ncnc3c1cnn3-c1ccc(F)cc1F)C2. The maximum atomic E-state index is 14.8. The van der Waals surface area contributed by atoms with Crippen LogP contribution in [0.1, 0.15) is 55.4 Å². The Morgan fingerprint density at radius 3 is 2.71 bits per heavy atom. The van der Waals surface area contributed by atoms with Crippen molar-refractivity contribution in [2.45, 2.75) is 63.1 Å². The normalized spacial score (nSPS) is 21.0. The molecule has 1 fully saturated rings. The summed E-state index contributed by atoms with van der Waals surface area (Å²) in [6.45, 7) is 1.99. The molecule has 0 radical (unpaired) electrons. The van der Waals surface area contributed by atoms with Crippen LogP contribution in [0, 0.1) is 11.6 Å². The van der Waals surface area contributed by atoms with Crippen molar-refractivity contribution < 1.29 is 23.0 Å². The van der Waals surface area contributed by atoms with Crippen LogP contribution >= 0.6 is 0 Å². The molecule has 1 amide bonds. The Morgan fingerprint density at radius 2 is 1.88 bits per heavy atom. The van der Waals surface area contributed by atoms with E-state index < -0.39 is 17.7 Å². The van der Waals surface area contributed by atoms with Crippen LogP contribution in [0.4, 0.5) is 14.6 Å². The van der Waals surface area contributed by atoms with Gasteiger partial charge in [-0.25, -0.2) is 23.4 Å². The van der Waals surface area contributed by atoms with E-state index in [1.54, 1.807) is 13.3 Å². The van der Waals surface area contributed by atoms with E-state index in [4.69, 9.17) is 9.47 Å². The van der Waals surface area contributed by atoms with E-state index in [-0.39, 0.29) is 23.7 Å². The van der Waals surface area contributed by atoms with Crippen LogP contribution in [-0.2, 0) is 22.4 Å². The average molecular weight is 670 g/mol. The molecular weight excluding hydrogens is 632 g/mol. The fourth-order valence-corrected chi connectivity index (χ4v) is 7.56. The molecule has 3 aliphatic rings. The van der Waals surface area contributed by atoms with E-state index in [0.29, 0.717) is 62.4 Å². The van der Waals surface area contributed by atoms with E-state index in [0.717, 1.165) is 54.7 Å². The van der Waals surface area contributed by atoms with Crippen molar-refractivity contribution in [2.75, 3.05) is 38.3 Å². The molecule has 0 spiro atoms. The number of fused-ring (bicyclic) bond motifs is 6. The first kappa shape index (κ1) is 31.3. The molecule has 3 aromatic heterocycles. The number of hydrogen-bond acceptors (Lipinski definition) is 9. The number of amides is 1. The maximum absolute atomic E-state index is 14.8. The van der Waals surface area contributed by atoms with E-state index in [1.165, 1.54) is 23.1 Å². The largest absolute Gasteiger partial charge is 0.488 e. The van der Waals surface area contributed by atoms with Gasteiger partial charge in [0.05, 0.1) is 24.2 Å². The number of methoxy groups -OCH3 is 1. The van der Waals surface area contributed by atoms with Gasteiger partial charge < -0.3 is 23.8 Å². The highest BCUT2D eigenvalue weighted by atomic mass is 19.1. The Morgan fingerprint density at radius 1 is 1.02 bits per heavy atom. The van der Waals surface area contributed by atoms with Crippen molar-refractivity contribution >= 4 is 22.8 Å². The lowest BCUT2D eigenvalue weighted by atomic mass is 9.96. The lowest BCUT2D eigenvalue weighted by Gasteiger charge is -2.31. The zero-order valence-electron chi connectivity index (χ0n) is 27.2. The summed E-state index contributed by atoms with van der Waals surface area (Å²) in [5.41, 5.74) is 1.55. The van der Waals surface area contributed by atoms with Gasteiger partial charge in [0.1, 0.15) is 53.2 Å². The van der Waals surface area contributed by atoms with Crippen LogP contribution in [0.2, 0.25) is 0 Å². The highest BCUT2D eigenvalue weighted by molar-refractivity contribution is 5.92. The molecule has 5 aromatic rings. The molecule has 254 valence electrons. The molecule has 49 heavy (non-hydrogen) atoms. The summed E-state index contributed by atoms with van der Waals surface area (Å²) in [5, 5.41) is 14.1. The second kappa shape index (κ2) is 13.1. The third-order valence-electron chi connectivity index (χ3n) is 9.79. The first-order valence-electron chi connectivity index (χ1n) is 16.9. The molecular formula is C35H37F2N9O3. The smallest absolute Gasteiger partial charge is 0.245 e. The number of aromatic nitrogens is 7. The Balaban J connectivity index is 1.18. The molecule has 14 heteroatoms. The zero-order chi connectivity index (χ0) is 33.5. The van der Waals surface area contributed by atoms with Crippen molar-refractivity contribution in [3.8, 4) is 11.4 Å². The number of nitrogens with zero attached hydrogens (tertiary/aromatic N) is 9. The van der Waals surface area contributed by atoms with Crippen LogP contribution in [0.3, 0.4) is 0 Å². The zero-order valence-corrected chi connectivity index (χ0v) is 27.2. The summed E-state index contributed by atoms with van der Waals surface area (Å²) in [7, 11) is 1.66. The number of carbonyl (C=O) groups excluding carboxylic acids is 1. The number of hydrogen-bond donors (Lipinski definition) is 0. The predicted octanol–water partition coefficient (Wildman–Crippen LogP) is 4.45. The fourth-order valence-electron chi connectivity index (χ4n) is 7.56. The van der Waals surface area contributed by atoms with Crippen LogP contribution in [0.5, 0.6) is 5.75 Å². The molecule has 0 N–H and O–H groups in total. The van der Waals surface area contributed by atoms with Gasteiger partial charge in [-0.1, -0.05) is 12.1 Å². The fraction of sp³-hybridized carbons (Fsp3) is 0.429. The number of halogens is 2.